The van der Waals surface area contributed by atoms with Gasteiger partial charge in [-0.15, -0.1) is 0 Å². The highest BCUT2D eigenvalue weighted by Crippen LogP contribution is 2.36. The highest BCUT2D eigenvalue weighted by Gasteiger charge is 2.17. The molecule has 2 aromatic carbocycles. The topological polar surface area (TPSA) is 80.3 Å². The minimum atomic E-state index is -0.783. The lowest BCUT2D eigenvalue weighted by molar-refractivity contribution is 0.0967. The predicted molar refractivity (Wildman–Crippen MR) is 121 cm³/mol. The summed E-state index contributed by atoms with van der Waals surface area (Å²) in [5, 5.41) is 5.64. The normalized spacial score (nSPS) is 10.4. The van der Waals surface area contributed by atoms with Crippen molar-refractivity contribution in [2.75, 3.05) is 5.32 Å². The van der Waals surface area contributed by atoms with Gasteiger partial charge in [0.15, 0.2) is 0 Å². The third kappa shape index (κ3) is 5.56. The summed E-state index contributed by atoms with van der Waals surface area (Å²) in [5.74, 6) is -0.198. The Morgan fingerprint density at radius 2 is 1.63 bits per heavy atom. The van der Waals surface area contributed by atoms with Crippen LogP contribution in [0.3, 0.4) is 0 Å². The Morgan fingerprint density at radius 3 is 2.27 bits per heavy atom. The molecular weight excluding hydrogens is 540 g/mol. The number of aromatic nitrogens is 1. The van der Waals surface area contributed by atoms with E-state index in [1.807, 2.05) is 0 Å². The molecule has 0 saturated carbocycles. The van der Waals surface area contributed by atoms with Crippen LogP contribution < -0.4 is 15.4 Å². The summed E-state index contributed by atoms with van der Waals surface area (Å²) >= 11 is 27.3. The second-order valence-corrected chi connectivity index (χ2v) is 8.17. The van der Waals surface area contributed by atoms with Crippen LogP contribution >= 0.6 is 62.3 Å². The Bertz CT molecular complexity index is 1110. The molecule has 3 amide bonds. The van der Waals surface area contributed by atoms with Crippen molar-refractivity contribution in [3.05, 3.63) is 78.8 Å². The van der Waals surface area contributed by atoms with Crippen LogP contribution in [0.4, 0.5) is 10.5 Å². The number of halogens is 5. The van der Waals surface area contributed by atoms with Crippen molar-refractivity contribution in [3.8, 4) is 11.6 Å². The summed E-state index contributed by atoms with van der Waals surface area (Å²) in [6, 6.07) is 9.97. The minimum Gasteiger partial charge on any atom is -0.437 e. The van der Waals surface area contributed by atoms with E-state index in [1.54, 1.807) is 18.2 Å². The van der Waals surface area contributed by atoms with Gasteiger partial charge in [-0.25, -0.2) is 9.78 Å². The third-order valence-corrected chi connectivity index (χ3v) is 5.72. The highest BCUT2D eigenvalue weighted by atomic mass is 79.9. The lowest BCUT2D eigenvalue weighted by Crippen LogP contribution is -2.34. The number of amides is 3. The molecule has 0 bridgehead atoms. The first-order chi connectivity index (χ1) is 14.2. The SMILES string of the molecule is O=C(NC(=O)c1c(Cl)cccc1Cl)Nc1ccc(Oc2cc(Cl)c(Br)cc2Cl)nc1. The van der Waals surface area contributed by atoms with Crippen LogP contribution in [0, 0.1) is 0 Å². The molecule has 1 heterocycles. The number of nitrogens with zero attached hydrogens (tertiary/aromatic N) is 1. The number of carbonyl (C=O) groups excluding carboxylic acids is 2. The number of rotatable bonds is 4. The largest absolute Gasteiger partial charge is 0.437 e. The zero-order valence-electron chi connectivity index (χ0n) is 14.7. The van der Waals surface area contributed by atoms with E-state index < -0.39 is 11.9 Å². The van der Waals surface area contributed by atoms with Crippen molar-refractivity contribution in [2.24, 2.45) is 0 Å². The van der Waals surface area contributed by atoms with Gasteiger partial charge in [-0.2, -0.15) is 0 Å². The van der Waals surface area contributed by atoms with E-state index in [2.05, 4.69) is 31.5 Å². The molecular formula is C19H10BrCl4N3O3. The summed E-state index contributed by atoms with van der Waals surface area (Å²) in [6.07, 6.45) is 1.34. The average molecular weight is 550 g/mol. The standard InChI is InChI=1S/C19H10BrCl4N3O3/c20-10-6-14(24)15(7-13(10)23)30-16-5-4-9(8-25-16)26-19(29)27-18(28)17-11(21)2-1-3-12(17)22/h1-8H,(H2,26,27,28,29). The van der Waals surface area contributed by atoms with Gasteiger partial charge in [0, 0.05) is 16.6 Å². The van der Waals surface area contributed by atoms with Gasteiger partial charge in [0.1, 0.15) is 5.75 Å². The van der Waals surface area contributed by atoms with E-state index in [1.165, 1.54) is 30.5 Å². The van der Waals surface area contributed by atoms with Crippen LogP contribution in [0.5, 0.6) is 11.6 Å². The summed E-state index contributed by atoms with van der Waals surface area (Å²) < 4.78 is 6.23. The minimum absolute atomic E-state index is 0.00268. The molecule has 6 nitrogen and oxygen atoms in total. The van der Waals surface area contributed by atoms with Crippen molar-refractivity contribution in [1.82, 2.24) is 10.3 Å². The molecule has 0 fully saturated rings. The molecule has 11 heteroatoms. The van der Waals surface area contributed by atoms with E-state index in [-0.39, 0.29) is 21.5 Å². The fourth-order valence-electron chi connectivity index (χ4n) is 2.25. The van der Waals surface area contributed by atoms with Crippen molar-refractivity contribution >= 4 is 80.0 Å². The van der Waals surface area contributed by atoms with E-state index in [0.717, 1.165) is 0 Å². The summed E-state index contributed by atoms with van der Waals surface area (Å²) in [6.45, 7) is 0. The molecule has 0 atom stereocenters. The fourth-order valence-corrected chi connectivity index (χ4v) is 3.65. The lowest BCUT2D eigenvalue weighted by Gasteiger charge is -2.10. The van der Waals surface area contributed by atoms with Crippen LogP contribution in [0.1, 0.15) is 10.4 Å². The summed E-state index contributed by atoms with van der Waals surface area (Å²) in [4.78, 5) is 28.4. The van der Waals surface area contributed by atoms with Gasteiger partial charge < -0.3 is 10.1 Å². The highest BCUT2D eigenvalue weighted by molar-refractivity contribution is 9.10. The van der Waals surface area contributed by atoms with Gasteiger partial charge in [0.25, 0.3) is 5.91 Å². The second-order valence-electron chi connectivity index (χ2n) is 5.69. The zero-order valence-corrected chi connectivity index (χ0v) is 19.3. The van der Waals surface area contributed by atoms with Crippen LogP contribution in [0.2, 0.25) is 20.1 Å². The maximum absolute atomic E-state index is 12.2. The van der Waals surface area contributed by atoms with E-state index in [0.29, 0.717) is 26.0 Å². The molecule has 0 unspecified atom stereocenters. The van der Waals surface area contributed by atoms with Gasteiger partial charge in [-0.1, -0.05) is 52.5 Å². The molecule has 30 heavy (non-hydrogen) atoms. The Kier molecular flexibility index (Phi) is 7.44. The number of pyridine rings is 1. The lowest BCUT2D eigenvalue weighted by atomic mass is 10.2. The fraction of sp³-hybridized carbons (Fsp3) is 0. The number of nitrogens with one attached hydrogen (secondary N) is 2. The van der Waals surface area contributed by atoms with Crippen LogP contribution in [-0.4, -0.2) is 16.9 Å². The Morgan fingerprint density at radius 1 is 0.933 bits per heavy atom. The molecule has 0 aliphatic carbocycles. The van der Waals surface area contributed by atoms with Gasteiger partial charge in [-0.3, -0.25) is 10.1 Å². The maximum atomic E-state index is 12.2. The van der Waals surface area contributed by atoms with Crippen molar-refractivity contribution in [3.63, 3.8) is 0 Å². The first-order valence-electron chi connectivity index (χ1n) is 8.09. The predicted octanol–water partition coefficient (Wildman–Crippen LogP) is 7.21. The number of hydrogen-bond acceptors (Lipinski definition) is 4. The van der Waals surface area contributed by atoms with E-state index >= 15 is 0 Å². The van der Waals surface area contributed by atoms with E-state index in [4.69, 9.17) is 51.1 Å². The van der Waals surface area contributed by atoms with Crippen molar-refractivity contribution in [2.45, 2.75) is 0 Å². The Hall–Kier alpha value is -2.03. The molecule has 3 rings (SSSR count). The van der Waals surface area contributed by atoms with Gasteiger partial charge in [-0.05, 0) is 40.2 Å². The summed E-state index contributed by atoms with van der Waals surface area (Å²) in [7, 11) is 0. The van der Waals surface area contributed by atoms with Crippen LogP contribution in [0.15, 0.2) is 53.1 Å². The van der Waals surface area contributed by atoms with Gasteiger partial charge in [0.05, 0.1) is 37.5 Å². The molecule has 0 saturated heterocycles. The number of carbonyl (C=O) groups is 2. The summed E-state index contributed by atoms with van der Waals surface area (Å²) in [5.41, 5.74) is 0.320. The first-order valence-corrected chi connectivity index (χ1v) is 10.4. The van der Waals surface area contributed by atoms with E-state index in [9.17, 15) is 9.59 Å². The van der Waals surface area contributed by atoms with Crippen LogP contribution in [0.25, 0.3) is 0 Å². The van der Waals surface area contributed by atoms with Gasteiger partial charge >= 0.3 is 6.03 Å². The smallest absolute Gasteiger partial charge is 0.326 e. The number of urea groups is 1. The Balaban J connectivity index is 1.63. The number of ether oxygens (including phenoxy) is 1. The molecule has 2 N–H and O–H groups in total. The Labute approximate surface area is 199 Å². The molecule has 0 spiro atoms. The first kappa shape index (κ1) is 22.7. The second kappa shape index (κ2) is 9.85. The number of anilines is 1. The average Bonchev–Trinajstić information content (AvgIpc) is 2.67. The quantitative estimate of drug-likeness (QED) is 0.337. The maximum Gasteiger partial charge on any atom is 0.326 e. The van der Waals surface area contributed by atoms with Crippen molar-refractivity contribution < 1.29 is 14.3 Å². The van der Waals surface area contributed by atoms with Crippen LogP contribution in [-0.2, 0) is 0 Å². The molecule has 0 radical (unpaired) electrons. The zero-order chi connectivity index (χ0) is 21.8. The monoisotopic (exact) mass is 547 g/mol. The number of hydrogen-bond donors (Lipinski definition) is 2. The number of imide groups is 1. The molecule has 1 aromatic heterocycles. The molecule has 3 aromatic rings. The third-order valence-electron chi connectivity index (χ3n) is 3.60. The van der Waals surface area contributed by atoms with Gasteiger partial charge in [0.2, 0.25) is 5.88 Å². The number of benzene rings is 2. The molecule has 154 valence electrons. The van der Waals surface area contributed by atoms with Crippen molar-refractivity contribution in [1.29, 1.82) is 0 Å². The molecule has 0 aliphatic heterocycles. The molecule has 0 aliphatic rings.